The van der Waals surface area contributed by atoms with Gasteiger partial charge in [-0.2, -0.15) is 0 Å². The summed E-state index contributed by atoms with van der Waals surface area (Å²) >= 11 is 0. The Morgan fingerprint density at radius 2 is 2.00 bits per heavy atom. The van der Waals surface area contributed by atoms with Crippen LogP contribution in [0.4, 0.5) is 0 Å². The van der Waals surface area contributed by atoms with E-state index in [-0.39, 0.29) is 17.4 Å². The molecule has 7 heteroatoms. The first kappa shape index (κ1) is 18.8. The smallest absolute Gasteiger partial charge is 0.274 e. The Balaban J connectivity index is 1.49. The average molecular weight is 374 g/mol. The number of piperidine rings is 2. The minimum atomic E-state index is -0.353. The molecule has 0 aliphatic carbocycles. The van der Waals surface area contributed by atoms with Crippen molar-refractivity contribution in [2.45, 2.75) is 51.2 Å². The van der Waals surface area contributed by atoms with Crippen LogP contribution in [0.15, 0.2) is 12.4 Å². The number of hydrogen-bond donors (Lipinski definition) is 1. The summed E-state index contributed by atoms with van der Waals surface area (Å²) < 4.78 is 5.51. The first-order valence-corrected chi connectivity index (χ1v) is 10.2. The summed E-state index contributed by atoms with van der Waals surface area (Å²) in [5, 5.41) is 10.9. The van der Waals surface area contributed by atoms with E-state index < -0.39 is 0 Å². The van der Waals surface area contributed by atoms with E-state index >= 15 is 0 Å². The second-order valence-corrected chi connectivity index (χ2v) is 8.35. The third kappa shape index (κ3) is 3.86. The highest BCUT2D eigenvalue weighted by atomic mass is 16.5. The second-order valence-electron chi connectivity index (χ2n) is 8.35. The summed E-state index contributed by atoms with van der Waals surface area (Å²) in [6, 6.07) is 0.539. The van der Waals surface area contributed by atoms with E-state index in [1.54, 1.807) is 12.4 Å². The van der Waals surface area contributed by atoms with E-state index in [9.17, 15) is 9.90 Å². The molecule has 27 heavy (non-hydrogen) atoms. The van der Waals surface area contributed by atoms with Crippen molar-refractivity contribution in [1.29, 1.82) is 0 Å². The third-order valence-electron chi connectivity index (χ3n) is 6.52. The van der Waals surface area contributed by atoms with Crippen LogP contribution in [0.25, 0.3) is 0 Å². The highest BCUT2D eigenvalue weighted by Gasteiger charge is 2.47. The summed E-state index contributed by atoms with van der Waals surface area (Å²) in [4.78, 5) is 25.8. The fraction of sp³-hybridized carbons (Fsp3) is 0.750. The lowest BCUT2D eigenvalue weighted by molar-refractivity contribution is -0.0971. The zero-order valence-electron chi connectivity index (χ0n) is 16.1. The maximum absolute atomic E-state index is 12.9. The van der Waals surface area contributed by atoms with Gasteiger partial charge in [0.2, 0.25) is 0 Å². The minimum Gasteiger partial charge on any atom is -0.392 e. The number of aliphatic hydroxyl groups excluding tert-OH is 1. The molecule has 1 aromatic rings. The molecule has 3 saturated heterocycles. The number of nitrogens with zero attached hydrogens (tertiary/aromatic N) is 4. The van der Waals surface area contributed by atoms with Gasteiger partial charge >= 0.3 is 0 Å². The first-order chi connectivity index (χ1) is 13.1. The van der Waals surface area contributed by atoms with E-state index in [0.29, 0.717) is 18.3 Å². The largest absolute Gasteiger partial charge is 0.392 e. The van der Waals surface area contributed by atoms with Gasteiger partial charge in [-0.3, -0.25) is 14.7 Å². The quantitative estimate of drug-likeness (QED) is 0.839. The number of aryl methyl sites for hydroxylation is 1. The molecule has 1 amide bonds. The third-order valence-corrected chi connectivity index (χ3v) is 6.52. The standard InChI is InChI=1S/C20H30N4O3/c1-15-11-22-17(12-21-15)19(26)24-7-2-6-20(14-24)13-23(8-3-18(20)25)16-4-9-27-10-5-16/h11-12,16,18,25H,2-10,13-14H2,1H3/t18-,20-/m1/s1. The Labute approximate surface area is 160 Å². The maximum Gasteiger partial charge on any atom is 0.274 e. The van der Waals surface area contributed by atoms with Gasteiger partial charge in [-0.25, -0.2) is 4.98 Å². The van der Waals surface area contributed by atoms with E-state index in [0.717, 1.165) is 70.6 Å². The lowest BCUT2D eigenvalue weighted by Gasteiger charge is -2.53. The molecule has 0 radical (unpaired) electrons. The monoisotopic (exact) mass is 374 g/mol. The van der Waals surface area contributed by atoms with E-state index in [1.807, 2.05) is 11.8 Å². The summed E-state index contributed by atoms with van der Waals surface area (Å²) in [6.45, 7) is 6.64. The molecule has 3 aliphatic rings. The van der Waals surface area contributed by atoms with Crippen LogP contribution in [0, 0.1) is 12.3 Å². The predicted molar refractivity (Wildman–Crippen MR) is 100 cm³/mol. The lowest BCUT2D eigenvalue weighted by atomic mass is 9.71. The van der Waals surface area contributed by atoms with Crippen LogP contribution in [-0.2, 0) is 4.74 Å². The van der Waals surface area contributed by atoms with Crippen molar-refractivity contribution in [3.63, 3.8) is 0 Å². The number of carbonyl (C=O) groups is 1. The molecule has 1 N–H and O–H groups in total. The molecule has 3 fully saturated rings. The van der Waals surface area contributed by atoms with Crippen molar-refractivity contribution in [2.75, 3.05) is 39.4 Å². The number of ether oxygens (including phenoxy) is 1. The Kier molecular flexibility index (Phi) is 5.43. The lowest BCUT2D eigenvalue weighted by Crippen LogP contribution is -2.61. The van der Waals surface area contributed by atoms with Gasteiger partial charge in [0.15, 0.2) is 0 Å². The fourth-order valence-electron chi connectivity index (χ4n) is 4.94. The molecule has 4 rings (SSSR count). The van der Waals surface area contributed by atoms with Crippen LogP contribution >= 0.6 is 0 Å². The molecule has 3 aliphatic heterocycles. The van der Waals surface area contributed by atoms with E-state index in [1.165, 1.54) is 0 Å². The topological polar surface area (TPSA) is 78.8 Å². The van der Waals surface area contributed by atoms with Gasteiger partial charge in [-0.15, -0.1) is 0 Å². The van der Waals surface area contributed by atoms with Gasteiger partial charge < -0.3 is 14.7 Å². The number of rotatable bonds is 2. The van der Waals surface area contributed by atoms with Crippen molar-refractivity contribution >= 4 is 5.91 Å². The van der Waals surface area contributed by atoms with Gasteiger partial charge in [0.05, 0.1) is 18.0 Å². The number of likely N-dealkylation sites (tertiary alicyclic amines) is 2. The maximum atomic E-state index is 12.9. The van der Waals surface area contributed by atoms with Gasteiger partial charge in [-0.1, -0.05) is 0 Å². The Hall–Kier alpha value is -1.57. The zero-order valence-corrected chi connectivity index (χ0v) is 16.1. The molecule has 1 spiro atoms. The van der Waals surface area contributed by atoms with Crippen LogP contribution in [-0.4, -0.2) is 82.3 Å². The van der Waals surface area contributed by atoms with Crippen LogP contribution < -0.4 is 0 Å². The molecule has 1 aromatic heterocycles. The summed E-state index contributed by atoms with van der Waals surface area (Å²) in [5.41, 5.74) is 0.962. The SMILES string of the molecule is Cc1cnc(C(=O)N2CCC[C@]3(C2)CN(C2CCOCC2)CC[C@H]3O)cn1. The van der Waals surface area contributed by atoms with Crippen molar-refractivity contribution < 1.29 is 14.6 Å². The molecule has 148 valence electrons. The Morgan fingerprint density at radius 1 is 1.19 bits per heavy atom. The van der Waals surface area contributed by atoms with E-state index in [4.69, 9.17) is 4.74 Å². The Morgan fingerprint density at radius 3 is 2.74 bits per heavy atom. The van der Waals surface area contributed by atoms with E-state index in [2.05, 4.69) is 14.9 Å². The van der Waals surface area contributed by atoms with Gasteiger partial charge in [0, 0.05) is 57.0 Å². The number of amides is 1. The highest BCUT2D eigenvalue weighted by Crippen LogP contribution is 2.40. The number of carbonyl (C=O) groups excluding carboxylic acids is 1. The molecule has 2 atom stereocenters. The van der Waals surface area contributed by atoms with Crippen molar-refractivity contribution in [3.8, 4) is 0 Å². The number of hydrogen-bond acceptors (Lipinski definition) is 6. The molecule has 0 aromatic carbocycles. The van der Waals surface area contributed by atoms with Crippen molar-refractivity contribution in [1.82, 2.24) is 19.8 Å². The van der Waals surface area contributed by atoms with Gasteiger partial charge in [0.25, 0.3) is 5.91 Å². The van der Waals surface area contributed by atoms with Crippen molar-refractivity contribution in [3.05, 3.63) is 23.8 Å². The molecule has 0 saturated carbocycles. The molecule has 4 heterocycles. The zero-order chi connectivity index (χ0) is 18.9. The molecule has 0 unspecified atom stereocenters. The fourth-order valence-corrected chi connectivity index (χ4v) is 4.94. The molecular weight excluding hydrogens is 344 g/mol. The summed E-state index contributed by atoms with van der Waals surface area (Å²) in [6.07, 6.45) is 7.64. The minimum absolute atomic E-state index is 0.0723. The highest BCUT2D eigenvalue weighted by molar-refractivity contribution is 5.92. The van der Waals surface area contributed by atoms with Gasteiger partial charge in [-0.05, 0) is 39.0 Å². The summed E-state index contributed by atoms with van der Waals surface area (Å²) in [7, 11) is 0. The number of aliphatic hydroxyl groups is 1. The summed E-state index contributed by atoms with van der Waals surface area (Å²) in [5.74, 6) is -0.0723. The first-order valence-electron chi connectivity index (χ1n) is 10.2. The normalized spacial score (nSPS) is 30.6. The van der Waals surface area contributed by atoms with Crippen LogP contribution in [0.1, 0.15) is 48.3 Å². The number of aromatic nitrogens is 2. The second kappa shape index (κ2) is 7.81. The predicted octanol–water partition coefficient (Wildman–Crippen LogP) is 1.25. The van der Waals surface area contributed by atoms with Crippen molar-refractivity contribution in [2.24, 2.45) is 5.41 Å². The molecule has 7 nitrogen and oxygen atoms in total. The Bertz CT molecular complexity index is 662. The van der Waals surface area contributed by atoms with Crippen LogP contribution in [0.2, 0.25) is 0 Å². The average Bonchev–Trinajstić information content (AvgIpc) is 2.71. The van der Waals surface area contributed by atoms with Crippen LogP contribution in [0.3, 0.4) is 0 Å². The van der Waals surface area contributed by atoms with Gasteiger partial charge in [0.1, 0.15) is 5.69 Å². The molecule has 0 bridgehead atoms. The van der Waals surface area contributed by atoms with Crippen LogP contribution in [0.5, 0.6) is 0 Å². The molecular formula is C20H30N4O3.